The molecule has 0 bridgehead atoms. The summed E-state index contributed by atoms with van der Waals surface area (Å²) in [5, 5.41) is 0. The van der Waals surface area contributed by atoms with Crippen LogP contribution in [0.1, 0.15) is 20.8 Å². The van der Waals surface area contributed by atoms with Crippen molar-refractivity contribution in [2.45, 2.75) is 20.8 Å². The van der Waals surface area contributed by atoms with Crippen molar-refractivity contribution in [2.24, 2.45) is 16.3 Å². The first-order valence-corrected chi connectivity index (χ1v) is 4.00. The second-order valence-corrected chi connectivity index (χ2v) is 3.66. The molecule has 0 spiro atoms. The lowest BCUT2D eigenvalue weighted by molar-refractivity contribution is 0.682. The van der Waals surface area contributed by atoms with E-state index in [0.29, 0.717) is 5.92 Å². The Morgan fingerprint density at radius 1 is 1.27 bits per heavy atom. The number of nitrogens with zero attached hydrogens (tertiary/aromatic N) is 1. The van der Waals surface area contributed by atoms with Gasteiger partial charge in [-0.15, -0.1) is 0 Å². The third-order valence-electron chi connectivity index (χ3n) is 1.71. The summed E-state index contributed by atoms with van der Waals surface area (Å²) < 4.78 is 0. The van der Waals surface area contributed by atoms with Crippen molar-refractivity contribution in [3.63, 3.8) is 0 Å². The topological polar surface area (TPSA) is 12.4 Å². The number of rotatable bonds is 0. The van der Waals surface area contributed by atoms with Crippen molar-refractivity contribution < 1.29 is 0 Å². The molecule has 0 amide bonds. The molecule has 1 rings (SSSR count). The van der Waals surface area contributed by atoms with E-state index in [2.05, 4.69) is 44.0 Å². The van der Waals surface area contributed by atoms with Crippen LogP contribution in [0.15, 0.2) is 29.4 Å². The van der Waals surface area contributed by atoms with Gasteiger partial charge < -0.3 is 0 Å². The standard InChI is InChI=1S/C10H15N/c1-9-4-6-10(2,3)8-11-7-5-9/h4-9H,1-3H3/b6-4-,7-5-,11-8?. The van der Waals surface area contributed by atoms with Gasteiger partial charge in [0.1, 0.15) is 0 Å². The molecule has 0 N–H and O–H groups in total. The molecule has 0 fully saturated rings. The second-order valence-electron chi connectivity index (χ2n) is 3.66. The lowest BCUT2D eigenvalue weighted by atomic mass is 9.92. The molecule has 0 saturated carbocycles. The molecule has 0 aliphatic carbocycles. The van der Waals surface area contributed by atoms with Crippen molar-refractivity contribution in [1.82, 2.24) is 0 Å². The average Bonchev–Trinajstić information content (AvgIpc) is 1.92. The fourth-order valence-corrected chi connectivity index (χ4v) is 0.928. The molecule has 1 heteroatoms. The SMILES string of the molecule is CC1/C=C\N=CC(C)(C)/C=C\1. The van der Waals surface area contributed by atoms with E-state index in [-0.39, 0.29) is 5.41 Å². The quantitative estimate of drug-likeness (QED) is 0.470. The van der Waals surface area contributed by atoms with E-state index in [9.17, 15) is 0 Å². The lowest BCUT2D eigenvalue weighted by Gasteiger charge is -2.14. The summed E-state index contributed by atoms with van der Waals surface area (Å²) in [5.74, 6) is 0.506. The lowest BCUT2D eigenvalue weighted by Crippen LogP contribution is -2.09. The van der Waals surface area contributed by atoms with Crippen LogP contribution in [0.3, 0.4) is 0 Å². The van der Waals surface area contributed by atoms with Crippen LogP contribution in [0.25, 0.3) is 0 Å². The molecule has 1 aliphatic heterocycles. The van der Waals surface area contributed by atoms with E-state index >= 15 is 0 Å². The van der Waals surface area contributed by atoms with Crippen molar-refractivity contribution >= 4 is 6.21 Å². The van der Waals surface area contributed by atoms with Crippen LogP contribution >= 0.6 is 0 Å². The number of allylic oxidation sites excluding steroid dienone is 3. The third-order valence-corrected chi connectivity index (χ3v) is 1.71. The number of hydrogen-bond donors (Lipinski definition) is 0. The zero-order valence-corrected chi connectivity index (χ0v) is 7.41. The molecule has 1 nitrogen and oxygen atoms in total. The summed E-state index contributed by atoms with van der Waals surface area (Å²) >= 11 is 0. The first-order valence-electron chi connectivity index (χ1n) is 4.00. The highest BCUT2D eigenvalue weighted by Gasteiger charge is 2.10. The largest absolute Gasteiger partial charge is 0.269 e. The van der Waals surface area contributed by atoms with Crippen LogP contribution in [0.2, 0.25) is 0 Å². The number of hydrogen-bond acceptors (Lipinski definition) is 1. The Balaban J connectivity index is 2.85. The molecule has 0 radical (unpaired) electrons. The predicted octanol–water partition coefficient (Wildman–Crippen LogP) is 2.80. The Bertz CT molecular complexity index is 209. The molecule has 1 atom stereocenters. The minimum absolute atomic E-state index is 0.110. The van der Waals surface area contributed by atoms with Gasteiger partial charge in [-0.2, -0.15) is 0 Å². The molecule has 0 aromatic rings. The third kappa shape index (κ3) is 2.71. The zero-order valence-electron chi connectivity index (χ0n) is 7.41. The van der Waals surface area contributed by atoms with Gasteiger partial charge in [0.15, 0.2) is 0 Å². The molecule has 0 aromatic heterocycles. The van der Waals surface area contributed by atoms with E-state index in [0.717, 1.165) is 0 Å². The fraction of sp³-hybridized carbons (Fsp3) is 0.500. The minimum Gasteiger partial charge on any atom is -0.269 e. The van der Waals surface area contributed by atoms with Gasteiger partial charge in [0.25, 0.3) is 0 Å². The van der Waals surface area contributed by atoms with Crippen LogP contribution in [0.4, 0.5) is 0 Å². The molecule has 11 heavy (non-hydrogen) atoms. The molecule has 0 saturated heterocycles. The molecular weight excluding hydrogens is 134 g/mol. The van der Waals surface area contributed by atoms with E-state index < -0.39 is 0 Å². The van der Waals surface area contributed by atoms with E-state index in [1.54, 1.807) is 0 Å². The van der Waals surface area contributed by atoms with Gasteiger partial charge in [0.05, 0.1) is 0 Å². The van der Waals surface area contributed by atoms with Gasteiger partial charge in [0.2, 0.25) is 0 Å². The van der Waals surface area contributed by atoms with Gasteiger partial charge >= 0.3 is 0 Å². The summed E-state index contributed by atoms with van der Waals surface area (Å²) in [7, 11) is 0. The molecule has 0 aromatic carbocycles. The predicted molar refractivity (Wildman–Crippen MR) is 49.7 cm³/mol. The highest BCUT2D eigenvalue weighted by atomic mass is 14.7. The fourth-order valence-electron chi connectivity index (χ4n) is 0.928. The Morgan fingerprint density at radius 2 is 2.00 bits per heavy atom. The Morgan fingerprint density at radius 3 is 2.73 bits per heavy atom. The molecular formula is C10H15N. The first-order chi connectivity index (χ1) is 5.10. The molecule has 1 aliphatic rings. The van der Waals surface area contributed by atoms with Crippen molar-refractivity contribution in [2.75, 3.05) is 0 Å². The van der Waals surface area contributed by atoms with E-state index in [4.69, 9.17) is 0 Å². The molecule has 1 unspecified atom stereocenters. The monoisotopic (exact) mass is 149 g/mol. The van der Waals surface area contributed by atoms with Crippen LogP contribution in [-0.4, -0.2) is 6.21 Å². The normalized spacial score (nSPS) is 33.9. The first kappa shape index (κ1) is 8.25. The Labute approximate surface area is 68.5 Å². The maximum absolute atomic E-state index is 4.18. The van der Waals surface area contributed by atoms with Crippen LogP contribution < -0.4 is 0 Å². The van der Waals surface area contributed by atoms with Crippen molar-refractivity contribution in [3.8, 4) is 0 Å². The highest BCUT2D eigenvalue weighted by molar-refractivity contribution is 5.68. The maximum Gasteiger partial charge on any atom is 0.0230 e. The minimum atomic E-state index is 0.110. The van der Waals surface area contributed by atoms with Gasteiger partial charge in [-0.25, -0.2) is 0 Å². The van der Waals surface area contributed by atoms with Gasteiger partial charge in [-0.1, -0.05) is 39.0 Å². The Hall–Kier alpha value is -0.850. The van der Waals surface area contributed by atoms with Gasteiger partial charge in [-0.3, -0.25) is 4.99 Å². The molecule has 1 heterocycles. The Kier molecular flexibility index (Phi) is 2.28. The zero-order chi connectivity index (χ0) is 8.32. The van der Waals surface area contributed by atoms with Crippen molar-refractivity contribution in [1.29, 1.82) is 0 Å². The van der Waals surface area contributed by atoms with Gasteiger partial charge in [-0.05, 0) is 5.92 Å². The smallest absolute Gasteiger partial charge is 0.0230 e. The summed E-state index contributed by atoms with van der Waals surface area (Å²) in [6.07, 6.45) is 10.3. The second kappa shape index (κ2) is 3.04. The maximum atomic E-state index is 4.18. The van der Waals surface area contributed by atoms with E-state index in [1.807, 2.05) is 12.4 Å². The highest BCUT2D eigenvalue weighted by Crippen LogP contribution is 2.17. The number of aliphatic imine (C=N–C) groups is 1. The summed E-state index contributed by atoms with van der Waals surface area (Å²) in [5.41, 5.74) is 0.110. The van der Waals surface area contributed by atoms with Crippen LogP contribution in [0, 0.1) is 11.3 Å². The summed E-state index contributed by atoms with van der Waals surface area (Å²) in [6.45, 7) is 6.46. The summed E-state index contributed by atoms with van der Waals surface area (Å²) in [6, 6.07) is 0. The van der Waals surface area contributed by atoms with Crippen LogP contribution in [0.5, 0.6) is 0 Å². The van der Waals surface area contributed by atoms with Crippen LogP contribution in [-0.2, 0) is 0 Å². The van der Waals surface area contributed by atoms with E-state index in [1.165, 1.54) is 0 Å². The van der Waals surface area contributed by atoms with Crippen molar-refractivity contribution in [3.05, 3.63) is 24.4 Å². The average molecular weight is 149 g/mol. The van der Waals surface area contributed by atoms with Gasteiger partial charge in [0, 0.05) is 17.8 Å². The molecule has 60 valence electrons. The summed E-state index contributed by atoms with van der Waals surface area (Å²) in [4.78, 5) is 4.18.